The minimum atomic E-state index is 0.0872. The van der Waals surface area contributed by atoms with Gasteiger partial charge in [0.15, 0.2) is 0 Å². The molecule has 1 N–H and O–H groups in total. The van der Waals surface area contributed by atoms with E-state index in [1.165, 1.54) is 16.8 Å². The van der Waals surface area contributed by atoms with Crippen molar-refractivity contribution in [3.8, 4) is 0 Å². The molecule has 26 heavy (non-hydrogen) atoms. The minimum Gasteiger partial charge on any atom is -0.365 e. The second-order valence-electron chi connectivity index (χ2n) is 7.64. The highest BCUT2D eigenvalue weighted by atomic mass is 16.2. The van der Waals surface area contributed by atoms with Crippen LogP contribution in [0.1, 0.15) is 30.4 Å². The summed E-state index contributed by atoms with van der Waals surface area (Å²) in [5, 5.41) is 3.22. The Morgan fingerprint density at radius 2 is 1.88 bits per heavy atom. The Balaban J connectivity index is 1.32. The molecule has 2 amide bonds. The molecule has 1 heterocycles. The van der Waals surface area contributed by atoms with Gasteiger partial charge in [0.25, 0.3) is 0 Å². The third-order valence-corrected chi connectivity index (χ3v) is 5.58. The highest BCUT2D eigenvalue weighted by molar-refractivity contribution is 5.75. The lowest BCUT2D eigenvalue weighted by Crippen LogP contribution is -2.56. The van der Waals surface area contributed by atoms with Crippen molar-refractivity contribution in [1.29, 1.82) is 0 Å². The van der Waals surface area contributed by atoms with E-state index in [1.54, 1.807) is 0 Å². The molecule has 4 nitrogen and oxygen atoms in total. The van der Waals surface area contributed by atoms with E-state index < -0.39 is 0 Å². The van der Waals surface area contributed by atoms with Gasteiger partial charge in [-0.05, 0) is 43.5 Å². The van der Waals surface area contributed by atoms with E-state index in [0.29, 0.717) is 12.0 Å². The van der Waals surface area contributed by atoms with Crippen LogP contribution in [0.2, 0.25) is 0 Å². The van der Waals surface area contributed by atoms with Crippen LogP contribution in [-0.4, -0.2) is 42.6 Å². The average Bonchev–Trinajstić information content (AvgIpc) is 3.41. The number of benzene rings is 2. The number of amides is 2. The van der Waals surface area contributed by atoms with Gasteiger partial charge in [0.2, 0.25) is 0 Å². The van der Waals surface area contributed by atoms with Crippen LogP contribution < -0.4 is 10.2 Å². The standard InChI is InChI=1S/C22H27N3O/c1-16-7-6-10-19(13-16)25-12-11-24(15-17(25)2)22(26)23-21-14-20(21)18-8-4-3-5-9-18/h3-10,13,17,20-21H,11-12,14-15H2,1-2H3,(H,23,26). The quantitative estimate of drug-likeness (QED) is 0.915. The SMILES string of the molecule is Cc1cccc(N2CCN(C(=O)NC3CC3c3ccccc3)CC2C)c1. The first-order valence-corrected chi connectivity index (χ1v) is 9.55. The monoisotopic (exact) mass is 349 g/mol. The number of carbonyl (C=O) groups is 1. The van der Waals surface area contributed by atoms with Crippen molar-refractivity contribution in [2.45, 2.75) is 38.3 Å². The molecule has 1 saturated carbocycles. The van der Waals surface area contributed by atoms with Gasteiger partial charge < -0.3 is 15.1 Å². The van der Waals surface area contributed by atoms with Gasteiger partial charge in [-0.1, -0.05) is 42.5 Å². The second-order valence-corrected chi connectivity index (χ2v) is 7.64. The number of rotatable bonds is 3. The fraction of sp³-hybridized carbons (Fsp3) is 0.409. The number of piperazine rings is 1. The molecule has 2 aromatic carbocycles. The van der Waals surface area contributed by atoms with Crippen LogP contribution in [-0.2, 0) is 0 Å². The molecule has 2 aromatic rings. The summed E-state index contributed by atoms with van der Waals surface area (Å²) in [6.07, 6.45) is 1.05. The molecule has 1 saturated heterocycles. The summed E-state index contributed by atoms with van der Waals surface area (Å²) < 4.78 is 0. The number of nitrogens with one attached hydrogen (secondary N) is 1. The fourth-order valence-electron chi connectivity index (χ4n) is 4.01. The number of anilines is 1. The molecule has 4 rings (SSSR count). The van der Waals surface area contributed by atoms with Crippen LogP contribution in [0.15, 0.2) is 54.6 Å². The van der Waals surface area contributed by atoms with Crippen molar-refractivity contribution in [2.75, 3.05) is 24.5 Å². The lowest BCUT2D eigenvalue weighted by atomic mass is 10.1. The summed E-state index contributed by atoms with van der Waals surface area (Å²) in [7, 11) is 0. The first-order chi connectivity index (χ1) is 12.6. The van der Waals surface area contributed by atoms with E-state index in [-0.39, 0.29) is 12.1 Å². The third kappa shape index (κ3) is 3.55. The predicted octanol–water partition coefficient (Wildman–Crippen LogP) is 3.77. The van der Waals surface area contributed by atoms with Crippen molar-refractivity contribution in [2.24, 2.45) is 0 Å². The van der Waals surface area contributed by atoms with Crippen molar-refractivity contribution < 1.29 is 4.79 Å². The number of nitrogens with zero attached hydrogens (tertiary/aromatic N) is 2. The van der Waals surface area contributed by atoms with Crippen LogP contribution >= 0.6 is 0 Å². The lowest BCUT2D eigenvalue weighted by Gasteiger charge is -2.41. The van der Waals surface area contributed by atoms with Gasteiger partial charge in [-0.25, -0.2) is 4.79 Å². The molecule has 0 radical (unpaired) electrons. The molecule has 0 bridgehead atoms. The zero-order valence-corrected chi connectivity index (χ0v) is 15.6. The van der Waals surface area contributed by atoms with E-state index in [4.69, 9.17) is 0 Å². The van der Waals surface area contributed by atoms with Crippen molar-refractivity contribution in [1.82, 2.24) is 10.2 Å². The van der Waals surface area contributed by atoms with Gasteiger partial charge >= 0.3 is 6.03 Å². The molecule has 3 atom stereocenters. The number of aryl methyl sites for hydroxylation is 1. The Morgan fingerprint density at radius 3 is 2.62 bits per heavy atom. The Morgan fingerprint density at radius 1 is 1.08 bits per heavy atom. The molecule has 136 valence electrons. The molecular formula is C22H27N3O. The van der Waals surface area contributed by atoms with Crippen LogP contribution in [0.4, 0.5) is 10.5 Å². The molecule has 4 heteroatoms. The first-order valence-electron chi connectivity index (χ1n) is 9.55. The van der Waals surface area contributed by atoms with E-state index in [9.17, 15) is 4.79 Å². The number of hydrogen-bond acceptors (Lipinski definition) is 2. The van der Waals surface area contributed by atoms with Crippen LogP contribution in [0.5, 0.6) is 0 Å². The van der Waals surface area contributed by atoms with Crippen molar-refractivity contribution in [3.05, 3.63) is 65.7 Å². The predicted molar refractivity (Wildman–Crippen MR) is 106 cm³/mol. The lowest BCUT2D eigenvalue weighted by molar-refractivity contribution is 0.186. The largest absolute Gasteiger partial charge is 0.365 e. The topological polar surface area (TPSA) is 35.6 Å². The van der Waals surface area contributed by atoms with Crippen molar-refractivity contribution >= 4 is 11.7 Å². The number of hydrogen-bond donors (Lipinski definition) is 1. The summed E-state index contributed by atoms with van der Waals surface area (Å²) in [6.45, 7) is 6.74. The molecule has 0 aromatic heterocycles. The second kappa shape index (κ2) is 7.02. The molecule has 3 unspecified atom stereocenters. The molecule has 0 spiro atoms. The summed E-state index contributed by atoms with van der Waals surface area (Å²) in [6, 6.07) is 19.8. The van der Waals surface area contributed by atoms with Crippen LogP contribution in [0.25, 0.3) is 0 Å². The number of urea groups is 1. The maximum atomic E-state index is 12.7. The fourth-order valence-corrected chi connectivity index (χ4v) is 4.01. The summed E-state index contributed by atoms with van der Waals surface area (Å²) >= 11 is 0. The van der Waals surface area contributed by atoms with E-state index in [1.807, 2.05) is 11.0 Å². The van der Waals surface area contributed by atoms with E-state index >= 15 is 0 Å². The number of carbonyl (C=O) groups excluding carboxylic acids is 1. The van der Waals surface area contributed by atoms with Crippen molar-refractivity contribution in [3.63, 3.8) is 0 Å². The molecular weight excluding hydrogens is 322 g/mol. The van der Waals surface area contributed by atoms with Gasteiger partial charge in [-0.3, -0.25) is 0 Å². The van der Waals surface area contributed by atoms with Gasteiger partial charge in [-0.15, -0.1) is 0 Å². The van der Waals surface area contributed by atoms with Gasteiger partial charge in [0.05, 0.1) is 0 Å². The van der Waals surface area contributed by atoms with Gasteiger partial charge in [-0.2, -0.15) is 0 Å². The smallest absolute Gasteiger partial charge is 0.317 e. The highest BCUT2D eigenvalue weighted by Crippen LogP contribution is 2.40. The Bertz CT molecular complexity index is 776. The van der Waals surface area contributed by atoms with Gasteiger partial charge in [0, 0.05) is 43.3 Å². The minimum absolute atomic E-state index is 0.0872. The van der Waals surface area contributed by atoms with Crippen LogP contribution in [0.3, 0.4) is 0 Å². The summed E-state index contributed by atoms with van der Waals surface area (Å²) in [5.74, 6) is 0.478. The third-order valence-electron chi connectivity index (χ3n) is 5.58. The Kier molecular flexibility index (Phi) is 4.58. The van der Waals surface area contributed by atoms with E-state index in [2.05, 4.69) is 72.6 Å². The Hall–Kier alpha value is -2.49. The molecule has 2 fully saturated rings. The van der Waals surface area contributed by atoms with E-state index in [0.717, 1.165) is 26.1 Å². The maximum Gasteiger partial charge on any atom is 0.317 e. The molecule has 1 aliphatic carbocycles. The molecule has 1 aliphatic heterocycles. The van der Waals surface area contributed by atoms with Crippen LogP contribution in [0, 0.1) is 6.92 Å². The zero-order chi connectivity index (χ0) is 18.1. The van der Waals surface area contributed by atoms with Gasteiger partial charge in [0.1, 0.15) is 0 Å². The Labute approximate surface area is 155 Å². The average molecular weight is 349 g/mol. The summed E-state index contributed by atoms with van der Waals surface area (Å²) in [4.78, 5) is 17.0. The molecule has 2 aliphatic rings. The zero-order valence-electron chi connectivity index (χ0n) is 15.6. The maximum absolute atomic E-state index is 12.7. The highest BCUT2D eigenvalue weighted by Gasteiger charge is 2.40. The normalized spacial score (nSPS) is 25.1. The first kappa shape index (κ1) is 17.0. The summed E-state index contributed by atoms with van der Waals surface area (Å²) in [5.41, 5.74) is 3.86.